The molecule has 1 N–H and O–H groups in total. The molecule has 8 heavy (non-hydrogen) atoms. The summed E-state index contributed by atoms with van der Waals surface area (Å²) in [6.45, 7) is 0. The van der Waals surface area contributed by atoms with E-state index in [0.29, 0.717) is 0 Å². The molecular weight excluding hydrogens is 281 g/mol. The number of hydrogen-bond donors (Lipinski definition) is 0. The van der Waals surface area contributed by atoms with Crippen LogP contribution in [0.4, 0.5) is 0 Å². The van der Waals surface area contributed by atoms with Crippen molar-refractivity contribution in [1.29, 1.82) is 0 Å². The monoisotopic (exact) mass is 285 g/mol. The van der Waals surface area contributed by atoms with Gasteiger partial charge in [-0.25, -0.2) is 4.98 Å². The first-order valence-corrected chi connectivity index (χ1v) is 3.09. The van der Waals surface area contributed by atoms with Crippen molar-refractivity contribution in [2.45, 2.75) is 0 Å². The minimum atomic E-state index is 0. The number of halogens is 2. The zero-order valence-corrected chi connectivity index (χ0v) is 7.81. The summed E-state index contributed by atoms with van der Waals surface area (Å²) in [6, 6.07) is 4.03. The Hall–Kier alpha value is 0.360. The number of aromatic amines is 1. The molecule has 0 aliphatic heterocycles. The van der Waals surface area contributed by atoms with E-state index in [9.17, 15) is 0 Å². The second-order valence-corrected chi connectivity index (χ2v) is 2.46. The van der Waals surface area contributed by atoms with Crippen LogP contribution in [0.5, 0.6) is 0 Å². The van der Waals surface area contributed by atoms with Gasteiger partial charge in [0.2, 0.25) is 0 Å². The SMILES string of the molecule is Ic1cc[nH+]cc1.[Br-]. The number of nitrogens with one attached hydrogen (secondary N) is 1. The van der Waals surface area contributed by atoms with E-state index >= 15 is 0 Å². The lowest BCUT2D eigenvalue weighted by atomic mass is 10.5. The highest BCUT2D eigenvalue weighted by atomic mass is 127. The van der Waals surface area contributed by atoms with E-state index in [1.807, 2.05) is 24.5 Å². The standard InChI is InChI=1S/C5H4IN.BrH/c6-5-1-3-7-4-2-5;/h1-4H;1H. The number of H-pyrrole nitrogens is 1. The maximum atomic E-state index is 2.93. The Morgan fingerprint density at radius 1 is 1.25 bits per heavy atom. The molecule has 0 aliphatic carbocycles. The summed E-state index contributed by atoms with van der Waals surface area (Å²) in [6.07, 6.45) is 3.81. The molecule has 1 heterocycles. The molecule has 44 valence electrons. The Labute approximate surface area is 72.4 Å². The van der Waals surface area contributed by atoms with Crippen molar-refractivity contribution >= 4 is 22.6 Å². The number of aromatic nitrogens is 1. The van der Waals surface area contributed by atoms with Crippen molar-refractivity contribution in [3.05, 3.63) is 28.1 Å². The van der Waals surface area contributed by atoms with Crippen LogP contribution in [-0.2, 0) is 0 Å². The summed E-state index contributed by atoms with van der Waals surface area (Å²) >= 11 is 2.26. The molecule has 0 aromatic carbocycles. The fourth-order valence-electron chi connectivity index (χ4n) is 0.367. The number of pyridine rings is 1. The molecule has 0 atom stereocenters. The second kappa shape index (κ2) is 4.26. The van der Waals surface area contributed by atoms with Crippen LogP contribution in [0.15, 0.2) is 24.5 Å². The Morgan fingerprint density at radius 2 is 1.75 bits per heavy atom. The third kappa shape index (κ3) is 2.61. The van der Waals surface area contributed by atoms with E-state index in [1.165, 1.54) is 3.57 Å². The molecule has 1 rings (SSSR count). The molecule has 0 aliphatic rings. The predicted octanol–water partition coefficient (Wildman–Crippen LogP) is -1.89. The fraction of sp³-hybridized carbons (Fsp3) is 0. The quantitative estimate of drug-likeness (QED) is 0.495. The summed E-state index contributed by atoms with van der Waals surface area (Å²) < 4.78 is 1.26. The molecule has 0 unspecified atom stereocenters. The largest absolute Gasteiger partial charge is 1.00 e. The van der Waals surface area contributed by atoms with Gasteiger partial charge in [0, 0.05) is 15.7 Å². The van der Waals surface area contributed by atoms with Gasteiger partial charge in [0.1, 0.15) is 0 Å². The highest BCUT2D eigenvalue weighted by molar-refractivity contribution is 14.1. The summed E-state index contributed by atoms with van der Waals surface area (Å²) in [7, 11) is 0. The maximum absolute atomic E-state index is 2.93. The third-order valence-electron chi connectivity index (χ3n) is 0.678. The molecule has 0 saturated heterocycles. The van der Waals surface area contributed by atoms with Crippen molar-refractivity contribution < 1.29 is 22.0 Å². The van der Waals surface area contributed by atoms with Crippen LogP contribution in [0, 0.1) is 3.57 Å². The van der Waals surface area contributed by atoms with Gasteiger partial charge in [-0.15, -0.1) is 0 Å². The summed E-state index contributed by atoms with van der Waals surface area (Å²) in [5, 5.41) is 0. The average Bonchev–Trinajstić information content (AvgIpc) is 1.69. The van der Waals surface area contributed by atoms with Crippen LogP contribution in [0.3, 0.4) is 0 Å². The molecule has 0 saturated carbocycles. The highest BCUT2D eigenvalue weighted by Crippen LogP contribution is 1.96. The van der Waals surface area contributed by atoms with Gasteiger partial charge in [-0.05, 0) is 22.6 Å². The van der Waals surface area contributed by atoms with E-state index in [2.05, 4.69) is 27.6 Å². The first kappa shape index (κ1) is 8.36. The van der Waals surface area contributed by atoms with Gasteiger partial charge >= 0.3 is 0 Å². The Balaban J connectivity index is 0.000000490. The topological polar surface area (TPSA) is 14.1 Å². The van der Waals surface area contributed by atoms with E-state index in [-0.39, 0.29) is 17.0 Å². The first-order valence-electron chi connectivity index (χ1n) is 2.01. The molecule has 0 spiro atoms. The van der Waals surface area contributed by atoms with E-state index in [4.69, 9.17) is 0 Å². The van der Waals surface area contributed by atoms with Gasteiger partial charge in [-0.2, -0.15) is 0 Å². The number of rotatable bonds is 0. The Kier molecular flexibility index (Phi) is 4.45. The minimum absolute atomic E-state index is 0. The van der Waals surface area contributed by atoms with Crippen molar-refractivity contribution in [2.75, 3.05) is 0 Å². The van der Waals surface area contributed by atoms with Gasteiger partial charge in [0.05, 0.1) is 0 Å². The van der Waals surface area contributed by atoms with Crippen LogP contribution < -0.4 is 22.0 Å². The zero-order valence-electron chi connectivity index (χ0n) is 4.07. The van der Waals surface area contributed by atoms with Crippen LogP contribution >= 0.6 is 22.6 Å². The van der Waals surface area contributed by atoms with Crippen LogP contribution in [0.2, 0.25) is 0 Å². The lowest BCUT2D eigenvalue weighted by molar-refractivity contribution is -0.378. The van der Waals surface area contributed by atoms with Crippen molar-refractivity contribution in [1.82, 2.24) is 0 Å². The van der Waals surface area contributed by atoms with E-state index in [1.54, 1.807) is 0 Å². The lowest BCUT2D eigenvalue weighted by Gasteiger charge is -1.75. The molecule has 0 bridgehead atoms. The molecule has 0 amide bonds. The summed E-state index contributed by atoms with van der Waals surface area (Å²) in [5.41, 5.74) is 0. The van der Waals surface area contributed by atoms with Gasteiger partial charge in [0.25, 0.3) is 0 Å². The Morgan fingerprint density at radius 3 is 2.00 bits per heavy atom. The Bertz CT molecular complexity index is 142. The maximum Gasteiger partial charge on any atom is 0.168 e. The summed E-state index contributed by atoms with van der Waals surface area (Å²) in [4.78, 5) is 2.93. The third-order valence-corrected chi connectivity index (χ3v) is 1.40. The van der Waals surface area contributed by atoms with E-state index < -0.39 is 0 Å². The van der Waals surface area contributed by atoms with Crippen LogP contribution in [0.25, 0.3) is 0 Å². The minimum Gasteiger partial charge on any atom is -1.00 e. The molecule has 1 nitrogen and oxygen atoms in total. The molecule has 0 fully saturated rings. The smallest absolute Gasteiger partial charge is 0.168 e. The van der Waals surface area contributed by atoms with Gasteiger partial charge in [-0.1, -0.05) is 0 Å². The molecule has 1 aromatic heterocycles. The highest BCUT2D eigenvalue weighted by Gasteiger charge is 1.80. The second-order valence-electron chi connectivity index (χ2n) is 1.22. The lowest BCUT2D eigenvalue weighted by Crippen LogP contribution is -3.00. The number of hydrogen-bond acceptors (Lipinski definition) is 0. The predicted molar refractivity (Wildman–Crippen MR) is 35.7 cm³/mol. The zero-order chi connectivity index (χ0) is 5.11. The molecular formula is C5H5BrIN. The van der Waals surface area contributed by atoms with Gasteiger partial charge in [0.15, 0.2) is 12.4 Å². The summed E-state index contributed by atoms with van der Waals surface area (Å²) in [5.74, 6) is 0. The fourth-order valence-corrected chi connectivity index (χ4v) is 0.726. The molecule has 0 radical (unpaired) electrons. The van der Waals surface area contributed by atoms with Gasteiger partial charge in [-0.3, -0.25) is 0 Å². The van der Waals surface area contributed by atoms with Crippen molar-refractivity contribution in [2.24, 2.45) is 0 Å². The van der Waals surface area contributed by atoms with Crippen molar-refractivity contribution in [3.8, 4) is 0 Å². The normalized spacial score (nSPS) is 7.62. The average molecular weight is 286 g/mol. The van der Waals surface area contributed by atoms with Crippen LogP contribution in [-0.4, -0.2) is 0 Å². The molecule has 1 aromatic rings. The molecule has 3 heteroatoms. The van der Waals surface area contributed by atoms with E-state index in [0.717, 1.165) is 0 Å². The van der Waals surface area contributed by atoms with Gasteiger partial charge < -0.3 is 17.0 Å². The first-order chi connectivity index (χ1) is 3.39. The van der Waals surface area contributed by atoms with Crippen molar-refractivity contribution in [3.63, 3.8) is 0 Å². The van der Waals surface area contributed by atoms with Crippen LogP contribution in [0.1, 0.15) is 0 Å².